The number of nitrogen functional groups attached to an aromatic ring is 1. The van der Waals surface area contributed by atoms with Crippen LogP contribution >= 0.6 is 15.9 Å². The summed E-state index contributed by atoms with van der Waals surface area (Å²) in [6.07, 6.45) is 1.63. The molecule has 0 fully saturated rings. The van der Waals surface area contributed by atoms with Gasteiger partial charge in [0.05, 0.1) is 23.5 Å². The van der Waals surface area contributed by atoms with Gasteiger partial charge in [-0.3, -0.25) is 0 Å². The fourth-order valence-electron chi connectivity index (χ4n) is 1.60. The normalized spacial score (nSPS) is 10.2. The van der Waals surface area contributed by atoms with Crippen LogP contribution in [0, 0.1) is 6.92 Å². The summed E-state index contributed by atoms with van der Waals surface area (Å²) in [4.78, 5) is 4.26. The van der Waals surface area contributed by atoms with Crippen molar-refractivity contribution in [2.45, 2.75) is 6.92 Å². The van der Waals surface area contributed by atoms with E-state index in [0.717, 1.165) is 27.3 Å². The number of benzene rings is 1. The van der Waals surface area contributed by atoms with Crippen LogP contribution in [-0.4, -0.2) is 12.1 Å². The van der Waals surface area contributed by atoms with Crippen LogP contribution in [0.2, 0.25) is 0 Å². The average Bonchev–Trinajstić information content (AvgIpc) is 2.35. The summed E-state index contributed by atoms with van der Waals surface area (Å²) in [6.45, 7) is 1.96. The Bertz CT molecular complexity index is 572. The van der Waals surface area contributed by atoms with E-state index in [2.05, 4.69) is 26.2 Å². The number of anilines is 3. The van der Waals surface area contributed by atoms with Gasteiger partial charge >= 0.3 is 0 Å². The van der Waals surface area contributed by atoms with Crippen molar-refractivity contribution >= 4 is 33.1 Å². The van der Waals surface area contributed by atoms with Crippen LogP contribution in [0.15, 0.2) is 34.9 Å². The maximum atomic E-state index is 5.67. The Kier molecular flexibility index (Phi) is 3.72. The van der Waals surface area contributed by atoms with Crippen LogP contribution in [0.3, 0.4) is 0 Å². The molecule has 18 heavy (non-hydrogen) atoms. The predicted octanol–water partition coefficient (Wildman–Crippen LogP) is 3.49. The number of pyridine rings is 1. The maximum Gasteiger partial charge on any atom is 0.135 e. The van der Waals surface area contributed by atoms with E-state index in [9.17, 15) is 0 Å². The van der Waals surface area contributed by atoms with Gasteiger partial charge in [-0.1, -0.05) is 0 Å². The largest absolute Gasteiger partial charge is 0.495 e. The molecule has 0 saturated carbocycles. The van der Waals surface area contributed by atoms with Gasteiger partial charge in [0.2, 0.25) is 0 Å². The summed E-state index contributed by atoms with van der Waals surface area (Å²) in [5, 5.41) is 3.23. The molecule has 0 aliphatic carbocycles. The van der Waals surface area contributed by atoms with Crippen molar-refractivity contribution in [2.24, 2.45) is 0 Å². The maximum absolute atomic E-state index is 5.67. The molecule has 5 heteroatoms. The molecule has 0 amide bonds. The number of hydrogen-bond acceptors (Lipinski definition) is 4. The van der Waals surface area contributed by atoms with Crippen LogP contribution in [0.5, 0.6) is 5.75 Å². The lowest BCUT2D eigenvalue weighted by atomic mass is 10.2. The van der Waals surface area contributed by atoms with E-state index in [0.29, 0.717) is 5.69 Å². The van der Waals surface area contributed by atoms with Gasteiger partial charge in [0, 0.05) is 11.8 Å². The lowest BCUT2D eigenvalue weighted by Gasteiger charge is -2.11. The molecule has 94 valence electrons. The number of rotatable bonds is 3. The van der Waals surface area contributed by atoms with Crippen LogP contribution < -0.4 is 15.8 Å². The summed E-state index contributed by atoms with van der Waals surface area (Å²) < 4.78 is 6.16. The molecule has 0 aliphatic rings. The smallest absolute Gasteiger partial charge is 0.135 e. The topological polar surface area (TPSA) is 60.2 Å². The molecule has 2 aromatic rings. The standard InChI is InChI=1S/C13H14BrN3O/c1-8-5-9(15)7-16-13(8)17-10-3-4-11(14)12(6-10)18-2/h3-7H,15H2,1-2H3,(H,16,17). The zero-order chi connectivity index (χ0) is 13.1. The molecule has 1 aromatic carbocycles. The van der Waals surface area contributed by atoms with E-state index in [1.54, 1.807) is 13.3 Å². The van der Waals surface area contributed by atoms with Crippen molar-refractivity contribution < 1.29 is 4.74 Å². The third kappa shape index (κ3) is 2.73. The van der Waals surface area contributed by atoms with E-state index in [1.807, 2.05) is 31.2 Å². The van der Waals surface area contributed by atoms with Gasteiger partial charge in [-0.05, 0) is 46.6 Å². The minimum atomic E-state index is 0.659. The van der Waals surface area contributed by atoms with Gasteiger partial charge in [0.1, 0.15) is 11.6 Å². The monoisotopic (exact) mass is 307 g/mol. The Morgan fingerprint density at radius 2 is 2.11 bits per heavy atom. The average molecular weight is 308 g/mol. The van der Waals surface area contributed by atoms with Crippen molar-refractivity contribution in [3.05, 3.63) is 40.5 Å². The molecule has 1 heterocycles. The first-order valence-electron chi connectivity index (χ1n) is 5.43. The molecular weight excluding hydrogens is 294 g/mol. The summed E-state index contributed by atoms with van der Waals surface area (Å²) in [5.41, 5.74) is 8.24. The molecule has 2 rings (SSSR count). The number of aryl methyl sites for hydroxylation is 1. The molecule has 1 aromatic heterocycles. The second-order valence-electron chi connectivity index (χ2n) is 3.91. The number of nitrogens with zero attached hydrogens (tertiary/aromatic N) is 1. The van der Waals surface area contributed by atoms with Crippen molar-refractivity contribution in [1.82, 2.24) is 4.98 Å². The predicted molar refractivity (Wildman–Crippen MR) is 77.4 cm³/mol. The molecule has 0 spiro atoms. The number of ether oxygens (including phenoxy) is 1. The molecule has 0 aliphatic heterocycles. The van der Waals surface area contributed by atoms with Gasteiger partial charge < -0.3 is 15.8 Å². The Balaban J connectivity index is 2.28. The first-order chi connectivity index (χ1) is 8.60. The van der Waals surface area contributed by atoms with Crippen molar-refractivity contribution in [2.75, 3.05) is 18.2 Å². The van der Waals surface area contributed by atoms with Gasteiger partial charge in [-0.2, -0.15) is 0 Å². The molecule has 0 unspecified atom stereocenters. The summed E-state index contributed by atoms with van der Waals surface area (Å²) in [5.74, 6) is 1.56. The van der Waals surface area contributed by atoms with Gasteiger partial charge in [0.25, 0.3) is 0 Å². The van der Waals surface area contributed by atoms with Gasteiger partial charge in [-0.25, -0.2) is 4.98 Å². The molecule has 3 N–H and O–H groups in total. The summed E-state index contributed by atoms with van der Waals surface area (Å²) >= 11 is 3.42. The van der Waals surface area contributed by atoms with E-state index < -0.39 is 0 Å². The zero-order valence-electron chi connectivity index (χ0n) is 10.2. The van der Waals surface area contributed by atoms with Crippen LogP contribution in [0.4, 0.5) is 17.2 Å². The fourth-order valence-corrected chi connectivity index (χ4v) is 2.01. The number of methoxy groups -OCH3 is 1. The third-order valence-electron chi connectivity index (χ3n) is 2.51. The highest BCUT2D eigenvalue weighted by Gasteiger charge is 2.04. The highest BCUT2D eigenvalue weighted by atomic mass is 79.9. The number of hydrogen-bond donors (Lipinski definition) is 2. The Morgan fingerprint density at radius 1 is 1.33 bits per heavy atom. The molecule has 0 atom stereocenters. The Hall–Kier alpha value is -1.75. The number of halogens is 1. The summed E-state index contributed by atoms with van der Waals surface area (Å²) in [7, 11) is 1.64. The Labute approximate surface area is 114 Å². The second kappa shape index (κ2) is 5.27. The number of nitrogens with one attached hydrogen (secondary N) is 1. The highest BCUT2D eigenvalue weighted by molar-refractivity contribution is 9.10. The second-order valence-corrected chi connectivity index (χ2v) is 4.76. The first kappa shape index (κ1) is 12.7. The van der Waals surface area contributed by atoms with Gasteiger partial charge in [0.15, 0.2) is 0 Å². The minimum absolute atomic E-state index is 0.659. The van der Waals surface area contributed by atoms with E-state index >= 15 is 0 Å². The SMILES string of the molecule is COc1cc(Nc2ncc(N)cc2C)ccc1Br. The lowest BCUT2D eigenvalue weighted by Crippen LogP contribution is -1.98. The van der Waals surface area contributed by atoms with Crippen molar-refractivity contribution in [1.29, 1.82) is 0 Å². The van der Waals surface area contributed by atoms with E-state index in [4.69, 9.17) is 10.5 Å². The quantitative estimate of drug-likeness (QED) is 0.911. The minimum Gasteiger partial charge on any atom is -0.495 e. The third-order valence-corrected chi connectivity index (χ3v) is 3.17. The van der Waals surface area contributed by atoms with Gasteiger partial charge in [-0.15, -0.1) is 0 Å². The zero-order valence-corrected chi connectivity index (χ0v) is 11.8. The van der Waals surface area contributed by atoms with Crippen LogP contribution in [0.25, 0.3) is 0 Å². The van der Waals surface area contributed by atoms with Crippen LogP contribution in [0.1, 0.15) is 5.56 Å². The molecular formula is C13H14BrN3O. The van der Waals surface area contributed by atoms with Crippen molar-refractivity contribution in [3.63, 3.8) is 0 Å². The molecule has 0 radical (unpaired) electrons. The lowest BCUT2D eigenvalue weighted by molar-refractivity contribution is 0.412. The number of aromatic nitrogens is 1. The highest BCUT2D eigenvalue weighted by Crippen LogP contribution is 2.29. The van der Waals surface area contributed by atoms with E-state index in [-0.39, 0.29) is 0 Å². The Morgan fingerprint density at radius 3 is 2.78 bits per heavy atom. The fraction of sp³-hybridized carbons (Fsp3) is 0.154. The molecule has 0 bridgehead atoms. The van der Waals surface area contributed by atoms with Crippen molar-refractivity contribution in [3.8, 4) is 5.75 Å². The first-order valence-corrected chi connectivity index (χ1v) is 6.22. The van der Waals surface area contributed by atoms with E-state index in [1.165, 1.54) is 0 Å². The van der Waals surface area contributed by atoms with Crippen LogP contribution in [-0.2, 0) is 0 Å². The number of nitrogens with two attached hydrogens (primary N) is 1. The molecule has 4 nitrogen and oxygen atoms in total. The molecule has 0 saturated heterocycles. The summed E-state index contributed by atoms with van der Waals surface area (Å²) in [6, 6.07) is 7.66.